The summed E-state index contributed by atoms with van der Waals surface area (Å²) in [6, 6.07) is -2.18. The van der Waals surface area contributed by atoms with E-state index in [0.717, 1.165) is 6.42 Å². The van der Waals surface area contributed by atoms with Crippen LogP contribution in [0.25, 0.3) is 0 Å². The van der Waals surface area contributed by atoms with Crippen molar-refractivity contribution >= 4 is 23.6 Å². The molecule has 0 aromatic carbocycles. The molecule has 1 aliphatic heterocycles. The third kappa shape index (κ3) is 8.69. The highest BCUT2D eigenvalue weighted by Gasteiger charge is 2.32. The number of hydrogen-bond donors (Lipinski definition) is 4. The Morgan fingerprint density at radius 3 is 2.42 bits per heavy atom. The molecule has 176 valence electrons. The molecule has 0 bridgehead atoms. The van der Waals surface area contributed by atoms with Gasteiger partial charge in [-0.2, -0.15) is 0 Å². The summed E-state index contributed by atoms with van der Waals surface area (Å²) >= 11 is 0. The van der Waals surface area contributed by atoms with E-state index in [-0.39, 0.29) is 23.1 Å². The van der Waals surface area contributed by atoms with Gasteiger partial charge in [0.05, 0.1) is 0 Å². The van der Waals surface area contributed by atoms with Crippen LogP contribution in [0.4, 0.5) is 0 Å². The van der Waals surface area contributed by atoms with Crippen LogP contribution in [0.3, 0.4) is 0 Å². The zero-order valence-electron chi connectivity index (χ0n) is 19.5. The Hall–Kier alpha value is -2.42. The summed E-state index contributed by atoms with van der Waals surface area (Å²) in [5.41, 5.74) is 8.09. The van der Waals surface area contributed by atoms with Crippen molar-refractivity contribution in [2.75, 3.05) is 6.54 Å². The molecule has 0 aromatic rings. The topological polar surface area (TPSA) is 134 Å². The van der Waals surface area contributed by atoms with Gasteiger partial charge in [-0.15, -0.1) is 6.58 Å². The summed E-state index contributed by atoms with van der Waals surface area (Å²) in [5.74, 6) is -1.66. The molecule has 1 fully saturated rings. The van der Waals surface area contributed by atoms with Gasteiger partial charge in [-0.1, -0.05) is 33.8 Å². The first-order chi connectivity index (χ1) is 14.4. The van der Waals surface area contributed by atoms with E-state index in [4.69, 9.17) is 5.73 Å². The first kappa shape index (κ1) is 26.6. The van der Waals surface area contributed by atoms with Gasteiger partial charge in [-0.3, -0.25) is 24.2 Å². The average Bonchev–Trinajstić information content (AvgIpc) is 2.69. The molecular formula is C22H39N5O4. The van der Waals surface area contributed by atoms with Crippen LogP contribution in [-0.2, 0) is 19.2 Å². The number of nitrogens with two attached hydrogens (primary N) is 1. The quantitative estimate of drug-likeness (QED) is 0.358. The van der Waals surface area contributed by atoms with E-state index in [9.17, 15) is 19.2 Å². The Morgan fingerprint density at radius 2 is 1.87 bits per heavy atom. The van der Waals surface area contributed by atoms with Gasteiger partial charge in [0.25, 0.3) is 5.91 Å². The van der Waals surface area contributed by atoms with Gasteiger partial charge in [-0.25, -0.2) is 5.43 Å². The smallest absolute Gasteiger partial charge is 0.258 e. The lowest BCUT2D eigenvalue weighted by molar-refractivity contribution is -0.142. The second-order valence-electron chi connectivity index (χ2n) is 9.39. The lowest BCUT2D eigenvalue weighted by Gasteiger charge is -2.34. The molecule has 1 rings (SSSR count). The summed E-state index contributed by atoms with van der Waals surface area (Å²) in [5, 5.41) is 6.81. The summed E-state index contributed by atoms with van der Waals surface area (Å²) in [6.45, 7) is 13.6. The maximum Gasteiger partial charge on any atom is 0.258 e. The van der Waals surface area contributed by atoms with Gasteiger partial charge in [0.1, 0.15) is 18.1 Å². The Morgan fingerprint density at radius 1 is 1.23 bits per heavy atom. The zero-order chi connectivity index (χ0) is 23.8. The predicted molar refractivity (Wildman–Crippen MR) is 119 cm³/mol. The van der Waals surface area contributed by atoms with Crippen molar-refractivity contribution in [1.29, 1.82) is 0 Å². The van der Waals surface area contributed by atoms with Crippen LogP contribution in [0.2, 0.25) is 0 Å². The van der Waals surface area contributed by atoms with Gasteiger partial charge >= 0.3 is 0 Å². The Balaban J connectivity index is 2.65. The van der Waals surface area contributed by atoms with Crippen molar-refractivity contribution in [3.63, 3.8) is 0 Å². The molecular weight excluding hydrogens is 398 g/mol. The molecule has 0 radical (unpaired) electrons. The number of allylic oxidation sites excluding steroid dienone is 1. The number of hydrogen-bond acceptors (Lipinski definition) is 5. The van der Waals surface area contributed by atoms with Gasteiger partial charge in [0, 0.05) is 13.0 Å². The monoisotopic (exact) mass is 437 g/mol. The highest BCUT2D eigenvalue weighted by atomic mass is 16.2. The fourth-order valence-electron chi connectivity index (χ4n) is 3.47. The molecule has 0 aliphatic carbocycles. The molecule has 1 heterocycles. The Kier molecular flexibility index (Phi) is 10.2. The molecule has 3 atom stereocenters. The number of nitrogens with one attached hydrogen (secondary N) is 3. The lowest BCUT2D eigenvalue weighted by atomic mass is 9.84. The molecule has 0 aromatic heterocycles. The van der Waals surface area contributed by atoms with Crippen molar-refractivity contribution in [1.82, 2.24) is 21.1 Å². The van der Waals surface area contributed by atoms with Crippen molar-refractivity contribution in [2.24, 2.45) is 17.1 Å². The van der Waals surface area contributed by atoms with Crippen LogP contribution < -0.4 is 21.8 Å². The molecule has 5 N–H and O–H groups in total. The molecule has 4 amide bonds. The van der Waals surface area contributed by atoms with E-state index < -0.39 is 29.9 Å². The van der Waals surface area contributed by atoms with Crippen LogP contribution in [0, 0.1) is 11.3 Å². The van der Waals surface area contributed by atoms with Crippen molar-refractivity contribution in [2.45, 2.75) is 84.8 Å². The largest absolute Gasteiger partial charge is 0.368 e. The molecule has 31 heavy (non-hydrogen) atoms. The minimum atomic E-state index is -0.823. The first-order valence-electron chi connectivity index (χ1n) is 11.0. The standard InChI is InChI=1S/C22H39N5O4/c1-7-11-22(5,6)12-10-17(28)25-18(14(2)3)20(30)24-15(4)21(31)27-13-8-9-16(26-27)19(23)29/h7,14-16,18,26H,1,8-13H2,2-6H3,(H2,23,29)(H,24,30)(H,25,28). The molecule has 1 saturated heterocycles. The second-order valence-corrected chi connectivity index (χ2v) is 9.39. The van der Waals surface area contributed by atoms with Gasteiger partial charge < -0.3 is 16.4 Å². The number of carbonyl (C=O) groups excluding carboxylic acids is 4. The second kappa shape index (κ2) is 11.8. The van der Waals surface area contributed by atoms with Crippen LogP contribution in [0.15, 0.2) is 12.7 Å². The number of carbonyl (C=O) groups is 4. The highest BCUT2D eigenvalue weighted by molar-refractivity contribution is 5.92. The van der Waals surface area contributed by atoms with Crippen molar-refractivity contribution in [3.05, 3.63) is 12.7 Å². The number of rotatable bonds is 11. The maximum absolute atomic E-state index is 12.8. The van der Waals surface area contributed by atoms with E-state index in [0.29, 0.717) is 32.2 Å². The fraction of sp³-hybridized carbons (Fsp3) is 0.727. The number of amides is 4. The zero-order valence-corrected chi connectivity index (χ0v) is 19.5. The van der Waals surface area contributed by atoms with Gasteiger partial charge in [0.15, 0.2) is 0 Å². The van der Waals surface area contributed by atoms with Crippen molar-refractivity contribution in [3.8, 4) is 0 Å². The Bertz CT molecular complexity index is 677. The SMILES string of the molecule is C=CCC(C)(C)CCC(=O)NC(C(=O)NC(C)C(=O)N1CCCC(C(N)=O)N1)C(C)C. The van der Waals surface area contributed by atoms with E-state index in [1.54, 1.807) is 6.92 Å². The van der Waals surface area contributed by atoms with Crippen LogP contribution in [0.1, 0.15) is 66.7 Å². The highest BCUT2D eigenvalue weighted by Crippen LogP contribution is 2.26. The molecule has 9 nitrogen and oxygen atoms in total. The maximum atomic E-state index is 12.8. The van der Waals surface area contributed by atoms with Gasteiger partial charge in [0.2, 0.25) is 17.7 Å². The number of primary amides is 1. The van der Waals surface area contributed by atoms with Crippen LogP contribution in [0.5, 0.6) is 0 Å². The van der Waals surface area contributed by atoms with E-state index in [2.05, 4.69) is 36.5 Å². The summed E-state index contributed by atoms with van der Waals surface area (Å²) in [6.07, 6.45) is 4.81. The Labute approximate surface area is 185 Å². The summed E-state index contributed by atoms with van der Waals surface area (Å²) < 4.78 is 0. The lowest BCUT2D eigenvalue weighted by Crippen LogP contribution is -2.61. The first-order valence-corrected chi connectivity index (χ1v) is 11.0. The van der Waals surface area contributed by atoms with E-state index in [1.807, 2.05) is 19.9 Å². The van der Waals surface area contributed by atoms with E-state index in [1.165, 1.54) is 5.01 Å². The third-order valence-electron chi connectivity index (χ3n) is 5.52. The fourth-order valence-corrected chi connectivity index (χ4v) is 3.47. The molecule has 0 spiro atoms. The van der Waals surface area contributed by atoms with Crippen LogP contribution >= 0.6 is 0 Å². The van der Waals surface area contributed by atoms with Crippen LogP contribution in [-0.4, -0.2) is 53.3 Å². The summed E-state index contributed by atoms with van der Waals surface area (Å²) in [7, 11) is 0. The molecule has 0 saturated carbocycles. The minimum Gasteiger partial charge on any atom is -0.368 e. The minimum absolute atomic E-state index is 0.0418. The average molecular weight is 438 g/mol. The normalized spacial score (nSPS) is 18.8. The third-order valence-corrected chi connectivity index (χ3v) is 5.52. The predicted octanol–water partition coefficient (Wildman–Crippen LogP) is 0.995. The number of nitrogens with zero attached hydrogens (tertiary/aromatic N) is 1. The number of hydrazine groups is 1. The summed E-state index contributed by atoms with van der Waals surface area (Å²) in [4.78, 5) is 49.3. The molecule has 3 unspecified atom stereocenters. The molecule has 1 aliphatic rings. The molecule has 9 heteroatoms. The van der Waals surface area contributed by atoms with Crippen molar-refractivity contribution < 1.29 is 19.2 Å². The van der Waals surface area contributed by atoms with E-state index >= 15 is 0 Å². The van der Waals surface area contributed by atoms with Gasteiger partial charge in [-0.05, 0) is 43.9 Å².